The Bertz CT molecular complexity index is 512. The summed E-state index contributed by atoms with van der Waals surface area (Å²) in [6.45, 7) is 2.17. The van der Waals surface area contributed by atoms with Gasteiger partial charge >= 0.3 is 0 Å². The Labute approximate surface area is 121 Å². The monoisotopic (exact) mass is 299 g/mol. The highest BCUT2D eigenvalue weighted by atomic mass is 19.1. The molecule has 0 fully saturated rings. The van der Waals surface area contributed by atoms with Crippen LogP contribution >= 0.6 is 0 Å². The van der Waals surface area contributed by atoms with E-state index < -0.39 is 23.7 Å². The van der Waals surface area contributed by atoms with Crippen LogP contribution in [-0.4, -0.2) is 43.1 Å². The fourth-order valence-electron chi connectivity index (χ4n) is 1.49. The molecule has 0 saturated carbocycles. The van der Waals surface area contributed by atoms with Gasteiger partial charge in [0.05, 0.1) is 12.2 Å². The Hall–Kier alpha value is -2.26. The van der Waals surface area contributed by atoms with Crippen molar-refractivity contribution in [1.29, 1.82) is 0 Å². The van der Waals surface area contributed by atoms with E-state index in [-0.39, 0.29) is 11.4 Å². The van der Waals surface area contributed by atoms with Gasteiger partial charge in [-0.2, -0.15) is 0 Å². The largest absolute Gasteiger partial charge is 0.383 e. The third-order valence-electron chi connectivity index (χ3n) is 2.62. The molecule has 0 aliphatic rings. The summed E-state index contributed by atoms with van der Waals surface area (Å²) in [5.41, 5.74) is 1.79. The van der Waals surface area contributed by atoms with Crippen LogP contribution < -0.4 is 21.9 Å². The van der Waals surface area contributed by atoms with Crippen molar-refractivity contribution in [3.63, 3.8) is 0 Å². The van der Waals surface area contributed by atoms with Crippen LogP contribution in [-0.2, 0) is 9.53 Å². The maximum absolute atomic E-state index is 13.8. The number of hydrogen-bond donors (Lipinski definition) is 4. The van der Waals surface area contributed by atoms with Gasteiger partial charge in [0, 0.05) is 19.9 Å². The molecule has 5 N–H and O–H groups in total. The molecule has 0 aliphatic heterocycles. The molecule has 0 aromatic carbocycles. The maximum atomic E-state index is 13.8. The Morgan fingerprint density at radius 3 is 2.86 bits per heavy atom. The smallest absolute Gasteiger partial charge is 0.255 e. The summed E-state index contributed by atoms with van der Waals surface area (Å²) in [5.74, 6) is 2.81. The van der Waals surface area contributed by atoms with Crippen LogP contribution in [0.3, 0.4) is 0 Å². The van der Waals surface area contributed by atoms with E-state index in [0.717, 1.165) is 0 Å². The lowest BCUT2D eigenvalue weighted by Gasteiger charge is -2.14. The van der Waals surface area contributed by atoms with E-state index in [1.165, 1.54) is 26.3 Å². The zero-order valence-electron chi connectivity index (χ0n) is 11.8. The van der Waals surface area contributed by atoms with Gasteiger partial charge in [0.15, 0.2) is 11.6 Å². The van der Waals surface area contributed by atoms with Gasteiger partial charge in [-0.25, -0.2) is 15.2 Å². The van der Waals surface area contributed by atoms with E-state index in [9.17, 15) is 14.0 Å². The summed E-state index contributed by atoms with van der Waals surface area (Å²) in [6.07, 6.45) is 1.23. The number of pyridine rings is 1. The number of carbonyl (C=O) groups excluding carboxylic acids is 2. The molecule has 0 saturated heterocycles. The Morgan fingerprint density at radius 1 is 1.52 bits per heavy atom. The van der Waals surface area contributed by atoms with Crippen molar-refractivity contribution >= 4 is 17.6 Å². The van der Waals surface area contributed by atoms with Gasteiger partial charge in [-0.3, -0.25) is 9.59 Å². The second-order valence-corrected chi connectivity index (χ2v) is 4.14. The summed E-state index contributed by atoms with van der Waals surface area (Å²) in [4.78, 5) is 27.2. The molecule has 8 nitrogen and oxygen atoms in total. The number of amides is 2. The fraction of sp³-hybridized carbons (Fsp3) is 0.417. The zero-order chi connectivity index (χ0) is 15.8. The normalized spacial score (nSPS) is 11.6. The summed E-state index contributed by atoms with van der Waals surface area (Å²) >= 11 is 0. The summed E-state index contributed by atoms with van der Waals surface area (Å²) in [7, 11) is 1.51. The molecule has 116 valence electrons. The van der Waals surface area contributed by atoms with E-state index in [1.54, 1.807) is 0 Å². The first kappa shape index (κ1) is 16.8. The number of nitrogens with zero attached hydrogens (tertiary/aromatic N) is 1. The second kappa shape index (κ2) is 8.12. The lowest BCUT2D eigenvalue weighted by molar-refractivity contribution is -0.122. The zero-order valence-corrected chi connectivity index (χ0v) is 11.8. The molecule has 1 atom stereocenters. The number of nitrogen functional groups attached to an aromatic ring is 1. The molecule has 1 aromatic rings. The third-order valence-corrected chi connectivity index (χ3v) is 2.62. The van der Waals surface area contributed by atoms with Gasteiger partial charge in [-0.05, 0) is 13.0 Å². The van der Waals surface area contributed by atoms with Crippen molar-refractivity contribution in [3.05, 3.63) is 23.6 Å². The number of aromatic nitrogens is 1. The quantitative estimate of drug-likeness (QED) is 0.303. The molecule has 21 heavy (non-hydrogen) atoms. The number of hydrazine groups is 1. The van der Waals surface area contributed by atoms with Crippen LogP contribution in [0.2, 0.25) is 0 Å². The number of carbonyl (C=O) groups is 2. The van der Waals surface area contributed by atoms with Gasteiger partial charge in [-0.15, -0.1) is 0 Å². The lowest BCUT2D eigenvalue weighted by atomic mass is 10.2. The fourth-order valence-corrected chi connectivity index (χ4v) is 1.49. The van der Waals surface area contributed by atoms with Crippen molar-refractivity contribution in [1.82, 2.24) is 15.6 Å². The molecule has 0 aliphatic carbocycles. The first-order valence-corrected chi connectivity index (χ1v) is 6.19. The SMILES string of the molecule is COCCNC(=O)C(C)NC(=O)c1ccnc(NN)c1F. The molecule has 1 heterocycles. The van der Waals surface area contributed by atoms with E-state index >= 15 is 0 Å². The Morgan fingerprint density at radius 2 is 2.24 bits per heavy atom. The highest BCUT2D eigenvalue weighted by Crippen LogP contribution is 2.13. The number of hydrogen-bond acceptors (Lipinski definition) is 6. The molecule has 1 aromatic heterocycles. The minimum atomic E-state index is -0.885. The van der Waals surface area contributed by atoms with E-state index in [0.29, 0.717) is 13.2 Å². The molecule has 2 amide bonds. The molecule has 1 rings (SSSR count). The second-order valence-electron chi connectivity index (χ2n) is 4.14. The summed E-state index contributed by atoms with van der Waals surface area (Å²) in [6, 6.07) is 0.373. The molecular weight excluding hydrogens is 281 g/mol. The maximum Gasteiger partial charge on any atom is 0.255 e. The minimum Gasteiger partial charge on any atom is -0.383 e. The lowest BCUT2D eigenvalue weighted by Crippen LogP contribution is -2.45. The van der Waals surface area contributed by atoms with Crippen molar-refractivity contribution in [3.8, 4) is 0 Å². The molecular formula is C12H18FN5O3. The number of ether oxygens (including phenoxy) is 1. The van der Waals surface area contributed by atoms with Crippen molar-refractivity contribution in [2.75, 3.05) is 25.7 Å². The molecule has 9 heteroatoms. The standard InChI is InChI=1S/C12H18FN5O3/c1-7(11(19)16-5-6-21-2)17-12(20)8-3-4-15-10(18-14)9(8)13/h3-4,7H,5-6,14H2,1-2H3,(H,15,18)(H,16,19)(H,17,20). The minimum absolute atomic E-state index is 0.250. The van der Waals surface area contributed by atoms with Crippen molar-refractivity contribution in [2.24, 2.45) is 5.84 Å². The van der Waals surface area contributed by atoms with Crippen molar-refractivity contribution in [2.45, 2.75) is 13.0 Å². The predicted octanol–water partition coefficient (Wildman–Crippen LogP) is -0.613. The number of halogens is 1. The van der Waals surface area contributed by atoms with Crippen LogP contribution in [0.5, 0.6) is 0 Å². The van der Waals surface area contributed by atoms with Gasteiger partial charge in [0.25, 0.3) is 5.91 Å². The first-order chi connectivity index (χ1) is 10.0. The van der Waals surface area contributed by atoms with Crippen LogP contribution in [0.25, 0.3) is 0 Å². The van der Waals surface area contributed by atoms with E-state index in [2.05, 4.69) is 15.6 Å². The third kappa shape index (κ3) is 4.65. The van der Waals surface area contributed by atoms with Crippen LogP contribution in [0, 0.1) is 5.82 Å². The van der Waals surface area contributed by atoms with Gasteiger partial charge in [0.2, 0.25) is 5.91 Å². The molecule has 0 radical (unpaired) electrons. The topological polar surface area (TPSA) is 118 Å². The number of methoxy groups -OCH3 is 1. The van der Waals surface area contributed by atoms with E-state index in [4.69, 9.17) is 10.6 Å². The summed E-state index contributed by atoms with van der Waals surface area (Å²) in [5, 5.41) is 4.95. The van der Waals surface area contributed by atoms with Crippen LogP contribution in [0.4, 0.5) is 10.2 Å². The predicted molar refractivity (Wildman–Crippen MR) is 73.8 cm³/mol. The molecule has 0 bridgehead atoms. The van der Waals surface area contributed by atoms with Crippen LogP contribution in [0.1, 0.15) is 17.3 Å². The summed E-state index contributed by atoms with van der Waals surface area (Å²) < 4.78 is 18.6. The highest BCUT2D eigenvalue weighted by molar-refractivity contribution is 5.98. The number of nitrogens with one attached hydrogen (secondary N) is 3. The Kier molecular flexibility index (Phi) is 6.50. The average Bonchev–Trinajstić information content (AvgIpc) is 2.47. The number of nitrogens with two attached hydrogens (primary N) is 1. The highest BCUT2D eigenvalue weighted by Gasteiger charge is 2.20. The molecule has 1 unspecified atom stereocenters. The average molecular weight is 299 g/mol. The molecule has 0 spiro atoms. The number of rotatable bonds is 7. The Balaban J connectivity index is 2.66. The van der Waals surface area contributed by atoms with Crippen LogP contribution in [0.15, 0.2) is 12.3 Å². The first-order valence-electron chi connectivity index (χ1n) is 6.19. The van der Waals surface area contributed by atoms with Crippen molar-refractivity contribution < 1.29 is 18.7 Å². The van der Waals surface area contributed by atoms with Gasteiger partial charge in [-0.1, -0.05) is 0 Å². The van der Waals surface area contributed by atoms with E-state index in [1.807, 2.05) is 5.43 Å². The van der Waals surface area contributed by atoms with Gasteiger partial charge in [0.1, 0.15) is 6.04 Å². The number of anilines is 1. The van der Waals surface area contributed by atoms with Gasteiger partial charge < -0.3 is 20.8 Å².